The first-order chi connectivity index (χ1) is 11.5. The van der Waals surface area contributed by atoms with Crippen LogP contribution in [-0.2, 0) is 20.5 Å². The highest BCUT2D eigenvalue weighted by molar-refractivity contribution is 7.84. The molecule has 0 radical (unpaired) electrons. The normalized spacial score (nSPS) is 22.5. The lowest BCUT2D eigenvalue weighted by atomic mass is 10.0. The molecule has 0 spiro atoms. The van der Waals surface area contributed by atoms with Gasteiger partial charge in [-0.2, -0.15) is 17.5 Å². The van der Waals surface area contributed by atoms with Crippen LogP contribution in [0.4, 0.5) is 13.2 Å². The predicted octanol–water partition coefficient (Wildman–Crippen LogP) is 4.06. The first kappa shape index (κ1) is 19.9. The number of alkyl halides is 3. The molecule has 0 saturated heterocycles. The summed E-state index contributed by atoms with van der Waals surface area (Å²) in [4.78, 5) is 12.0. The Bertz CT molecular complexity index is 670. The Morgan fingerprint density at radius 3 is 2.24 bits per heavy atom. The van der Waals surface area contributed by atoms with Gasteiger partial charge in [0.1, 0.15) is 17.0 Å². The Hall–Kier alpha value is -1.41. The maximum Gasteiger partial charge on any atom is 0.409 e. The largest absolute Gasteiger partial charge is 0.466 e. The highest BCUT2D eigenvalue weighted by Crippen LogP contribution is 2.52. The summed E-state index contributed by atoms with van der Waals surface area (Å²) in [6.07, 6.45) is -4.89. The zero-order valence-electron chi connectivity index (χ0n) is 14.6. The summed E-state index contributed by atoms with van der Waals surface area (Å²) in [5, 5.41) is 0. The van der Waals surface area contributed by atoms with Crippen LogP contribution < -0.4 is 0 Å². The average molecular weight is 377 g/mol. The third-order valence-electron chi connectivity index (χ3n) is 3.90. The van der Waals surface area contributed by atoms with E-state index in [1.807, 2.05) is 0 Å². The SMILES string of the molecule is CCOC(=O)C[C@H]1c2ccccc2[C@@H](C(F)(F)F)N1[S@](=O)C(C)(C)C. The highest BCUT2D eigenvalue weighted by atomic mass is 32.2. The third kappa shape index (κ3) is 4.06. The van der Waals surface area contributed by atoms with Crippen LogP contribution in [0.1, 0.15) is 57.3 Å². The van der Waals surface area contributed by atoms with Crippen LogP contribution in [0.5, 0.6) is 0 Å². The number of hydrogen-bond donors (Lipinski definition) is 0. The molecule has 0 N–H and O–H groups in total. The Balaban J connectivity index is 2.56. The van der Waals surface area contributed by atoms with Crippen molar-refractivity contribution in [2.75, 3.05) is 6.61 Å². The maximum absolute atomic E-state index is 13.8. The van der Waals surface area contributed by atoms with E-state index in [2.05, 4.69) is 0 Å². The molecule has 3 atom stereocenters. The maximum atomic E-state index is 13.8. The molecule has 8 heteroatoms. The van der Waals surface area contributed by atoms with Crippen LogP contribution in [0.15, 0.2) is 24.3 Å². The Kier molecular flexibility index (Phi) is 5.63. The van der Waals surface area contributed by atoms with Gasteiger partial charge < -0.3 is 4.74 Å². The van der Waals surface area contributed by atoms with Gasteiger partial charge in [-0.05, 0) is 38.8 Å². The summed E-state index contributed by atoms with van der Waals surface area (Å²) in [7, 11) is -1.96. The van der Waals surface area contributed by atoms with Crippen molar-refractivity contribution in [3.05, 3.63) is 35.4 Å². The monoisotopic (exact) mass is 377 g/mol. The van der Waals surface area contributed by atoms with Gasteiger partial charge in [0.05, 0.1) is 23.8 Å². The Morgan fingerprint density at radius 1 is 1.20 bits per heavy atom. The Morgan fingerprint density at radius 2 is 1.76 bits per heavy atom. The van der Waals surface area contributed by atoms with Crippen molar-refractivity contribution in [2.24, 2.45) is 0 Å². The molecule has 1 aromatic carbocycles. The number of benzene rings is 1. The van der Waals surface area contributed by atoms with E-state index in [4.69, 9.17) is 4.74 Å². The molecule has 0 amide bonds. The second kappa shape index (κ2) is 7.07. The van der Waals surface area contributed by atoms with Crippen LogP contribution in [-0.4, -0.2) is 32.0 Å². The molecule has 0 unspecified atom stereocenters. The number of rotatable bonds is 4. The average Bonchev–Trinajstić information content (AvgIpc) is 2.80. The lowest BCUT2D eigenvalue weighted by Gasteiger charge is -2.35. The van der Waals surface area contributed by atoms with Crippen molar-refractivity contribution in [1.29, 1.82) is 0 Å². The fourth-order valence-electron chi connectivity index (χ4n) is 2.94. The summed E-state index contributed by atoms with van der Waals surface area (Å²) >= 11 is 0. The number of ether oxygens (including phenoxy) is 1. The van der Waals surface area contributed by atoms with Gasteiger partial charge in [0.2, 0.25) is 0 Å². The van der Waals surface area contributed by atoms with Crippen molar-refractivity contribution < 1.29 is 26.9 Å². The summed E-state index contributed by atoms with van der Waals surface area (Å²) in [6, 6.07) is 3.12. The first-order valence-electron chi connectivity index (χ1n) is 8.00. The van der Waals surface area contributed by atoms with Gasteiger partial charge in [-0.3, -0.25) is 4.79 Å². The molecule has 0 aromatic heterocycles. The standard InChI is InChI=1S/C17H22F3NO3S/c1-5-24-14(22)10-13-11-8-6-7-9-12(11)15(17(18,19)20)21(13)25(23)16(2,3)4/h6-9,13,15H,5,10H2,1-4H3/t13-,15-,25+/m0/s1. The molecular weight excluding hydrogens is 355 g/mol. The van der Waals surface area contributed by atoms with Crippen LogP contribution in [0.3, 0.4) is 0 Å². The third-order valence-corrected chi connectivity index (χ3v) is 5.80. The van der Waals surface area contributed by atoms with E-state index in [0.29, 0.717) is 5.56 Å². The lowest BCUT2D eigenvalue weighted by Crippen LogP contribution is -2.43. The van der Waals surface area contributed by atoms with Crippen LogP contribution in [0.25, 0.3) is 0 Å². The van der Waals surface area contributed by atoms with E-state index in [1.165, 1.54) is 12.1 Å². The number of nitrogens with zero attached hydrogens (tertiary/aromatic N) is 1. The van der Waals surface area contributed by atoms with Crippen molar-refractivity contribution in [1.82, 2.24) is 4.31 Å². The Labute approximate surface area is 147 Å². The number of carbonyl (C=O) groups is 1. The molecule has 25 heavy (non-hydrogen) atoms. The molecule has 1 heterocycles. The minimum atomic E-state index is -4.61. The smallest absolute Gasteiger partial charge is 0.409 e. The van der Waals surface area contributed by atoms with Crippen molar-refractivity contribution in [3.63, 3.8) is 0 Å². The minimum absolute atomic E-state index is 0.0434. The molecule has 1 aromatic rings. The van der Waals surface area contributed by atoms with Gasteiger partial charge in [0.15, 0.2) is 0 Å². The van der Waals surface area contributed by atoms with E-state index in [-0.39, 0.29) is 18.6 Å². The summed E-state index contributed by atoms with van der Waals surface area (Å²) < 4.78 is 59.3. The van der Waals surface area contributed by atoms with Crippen molar-refractivity contribution in [2.45, 2.75) is 57.1 Å². The topological polar surface area (TPSA) is 46.6 Å². The molecule has 1 aliphatic rings. The fourth-order valence-corrected chi connectivity index (χ4v) is 4.42. The number of halogens is 3. The zero-order valence-corrected chi connectivity index (χ0v) is 15.4. The van der Waals surface area contributed by atoms with Gasteiger partial charge in [-0.1, -0.05) is 24.3 Å². The van der Waals surface area contributed by atoms with Gasteiger partial charge in [0, 0.05) is 0 Å². The van der Waals surface area contributed by atoms with Crippen molar-refractivity contribution in [3.8, 4) is 0 Å². The van der Waals surface area contributed by atoms with Crippen LogP contribution in [0, 0.1) is 0 Å². The minimum Gasteiger partial charge on any atom is -0.466 e. The van der Waals surface area contributed by atoms with Crippen molar-refractivity contribution >= 4 is 17.0 Å². The molecule has 1 aliphatic heterocycles. The van der Waals surface area contributed by atoms with E-state index in [0.717, 1.165) is 4.31 Å². The molecule has 140 valence electrons. The van der Waals surface area contributed by atoms with E-state index >= 15 is 0 Å². The molecule has 2 rings (SSSR count). The molecule has 4 nitrogen and oxygen atoms in total. The van der Waals surface area contributed by atoms with E-state index in [1.54, 1.807) is 39.8 Å². The predicted molar refractivity (Wildman–Crippen MR) is 89.0 cm³/mol. The number of fused-ring (bicyclic) bond motifs is 1. The van der Waals surface area contributed by atoms with E-state index in [9.17, 15) is 22.2 Å². The molecule has 0 saturated carbocycles. The molecule has 0 aliphatic carbocycles. The number of esters is 1. The second-order valence-electron chi connectivity index (χ2n) is 6.82. The van der Waals surface area contributed by atoms with Gasteiger partial charge >= 0.3 is 12.1 Å². The second-order valence-corrected chi connectivity index (χ2v) is 8.96. The van der Waals surface area contributed by atoms with E-state index < -0.39 is 40.0 Å². The number of carbonyl (C=O) groups excluding carboxylic acids is 1. The quantitative estimate of drug-likeness (QED) is 0.744. The highest BCUT2D eigenvalue weighted by Gasteiger charge is 2.56. The molecule has 0 bridgehead atoms. The van der Waals surface area contributed by atoms with Crippen LogP contribution >= 0.6 is 0 Å². The summed E-state index contributed by atoms with van der Waals surface area (Å²) in [5.74, 6) is -0.610. The summed E-state index contributed by atoms with van der Waals surface area (Å²) in [6.45, 7) is 6.60. The first-order valence-corrected chi connectivity index (χ1v) is 9.10. The molecule has 0 fully saturated rings. The zero-order chi connectivity index (χ0) is 19.0. The molecular formula is C17H22F3NO3S. The number of hydrogen-bond acceptors (Lipinski definition) is 3. The lowest BCUT2D eigenvalue weighted by molar-refractivity contribution is -0.174. The van der Waals surface area contributed by atoms with Gasteiger partial charge in [-0.15, -0.1) is 0 Å². The van der Waals surface area contributed by atoms with Crippen LogP contribution in [0.2, 0.25) is 0 Å². The summed E-state index contributed by atoms with van der Waals surface area (Å²) in [5.41, 5.74) is 0.414. The fraction of sp³-hybridized carbons (Fsp3) is 0.588. The van der Waals surface area contributed by atoms with Gasteiger partial charge in [-0.25, -0.2) is 4.21 Å². The van der Waals surface area contributed by atoms with Gasteiger partial charge in [0.25, 0.3) is 0 Å².